The lowest BCUT2D eigenvalue weighted by molar-refractivity contribution is -0.133. The molecule has 22 heavy (non-hydrogen) atoms. The van der Waals surface area contributed by atoms with Gasteiger partial charge in [0.25, 0.3) is 0 Å². The molecule has 120 valence electrons. The van der Waals surface area contributed by atoms with E-state index in [1.54, 1.807) is 0 Å². The van der Waals surface area contributed by atoms with Crippen LogP contribution in [0.3, 0.4) is 0 Å². The summed E-state index contributed by atoms with van der Waals surface area (Å²) in [7, 11) is 0. The minimum atomic E-state index is -0.181. The normalized spacial score (nSPS) is 23.0. The van der Waals surface area contributed by atoms with Crippen LogP contribution in [0.25, 0.3) is 0 Å². The van der Waals surface area contributed by atoms with E-state index < -0.39 is 0 Å². The fourth-order valence-electron chi connectivity index (χ4n) is 3.46. The van der Waals surface area contributed by atoms with Gasteiger partial charge in [0.15, 0.2) is 0 Å². The summed E-state index contributed by atoms with van der Waals surface area (Å²) in [6.45, 7) is 3.26. The van der Waals surface area contributed by atoms with Gasteiger partial charge in [-0.15, -0.1) is 0 Å². The zero-order chi connectivity index (χ0) is 15.4. The number of nitrogens with zero attached hydrogens (tertiary/aromatic N) is 1. The molecular weight excluding hydrogens is 281 g/mol. The fourth-order valence-corrected chi connectivity index (χ4v) is 3.46. The molecule has 2 heterocycles. The van der Waals surface area contributed by atoms with E-state index in [9.17, 15) is 9.18 Å². The molecule has 3 nitrogen and oxygen atoms in total. The molecule has 0 bridgehead atoms. The summed E-state index contributed by atoms with van der Waals surface area (Å²) in [5.74, 6) is 1.13. The Morgan fingerprint density at radius 2 is 1.86 bits per heavy atom. The third kappa shape index (κ3) is 4.07. The Morgan fingerprint density at radius 1 is 1.14 bits per heavy atom. The van der Waals surface area contributed by atoms with E-state index >= 15 is 0 Å². The van der Waals surface area contributed by atoms with Crippen molar-refractivity contribution in [2.24, 2.45) is 11.8 Å². The van der Waals surface area contributed by atoms with Crippen LogP contribution in [0.15, 0.2) is 24.3 Å². The Hall–Kier alpha value is -1.42. The van der Waals surface area contributed by atoms with Gasteiger partial charge in [0.2, 0.25) is 5.91 Å². The second kappa shape index (κ2) is 7.23. The Kier molecular flexibility index (Phi) is 5.08. The van der Waals surface area contributed by atoms with Crippen LogP contribution in [0, 0.1) is 17.7 Å². The molecule has 1 aromatic rings. The predicted octanol–water partition coefficient (Wildman–Crippen LogP) is 3.03. The summed E-state index contributed by atoms with van der Waals surface area (Å²) in [6, 6.07) is 6.79. The van der Waals surface area contributed by atoms with Crippen molar-refractivity contribution in [3.8, 4) is 0 Å². The maximum Gasteiger partial charge on any atom is 0.222 e. The highest BCUT2D eigenvalue weighted by Crippen LogP contribution is 2.24. The lowest BCUT2D eigenvalue weighted by Gasteiger charge is -2.32. The number of carbonyl (C=O) groups is 1. The van der Waals surface area contributed by atoms with Gasteiger partial charge >= 0.3 is 0 Å². The van der Waals surface area contributed by atoms with Crippen molar-refractivity contribution < 1.29 is 13.9 Å². The number of ether oxygens (including phenoxy) is 1. The summed E-state index contributed by atoms with van der Waals surface area (Å²) in [4.78, 5) is 14.3. The van der Waals surface area contributed by atoms with Gasteiger partial charge in [-0.05, 0) is 55.2 Å². The first-order chi connectivity index (χ1) is 10.7. The minimum absolute atomic E-state index is 0.181. The zero-order valence-electron chi connectivity index (χ0n) is 13.0. The SMILES string of the molecule is O=C(C[C@@H]1CCOC1)N1CCC(Cc2ccc(F)cc2)CC1. The summed E-state index contributed by atoms with van der Waals surface area (Å²) in [5, 5.41) is 0. The van der Waals surface area contributed by atoms with Crippen LogP contribution in [0.4, 0.5) is 4.39 Å². The number of piperidine rings is 1. The lowest BCUT2D eigenvalue weighted by Crippen LogP contribution is -2.39. The molecule has 0 N–H and O–H groups in total. The van der Waals surface area contributed by atoms with E-state index in [2.05, 4.69) is 0 Å². The number of rotatable bonds is 4. The number of likely N-dealkylation sites (tertiary alicyclic amines) is 1. The third-order valence-corrected chi connectivity index (χ3v) is 4.89. The van der Waals surface area contributed by atoms with Gasteiger partial charge in [-0.25, -0.2) is 4.39 Å². The number of hydrogen-bond acceptors (Lipinski definition) is 2. The second-order valence-electron chi connectivity index (χ2n) is 6.59. The number of hydrogen-bond donors (Lipinski definition) is 0. The van der Waals surface area contributed by atoms with Gasteiger partial charge in [-0.3, -0.25) is 4.79 Å². The van der Waals surface area contributed by atoms with Crippen molar-refractivity contribution in [2.45, 2.75) is 32.1 Å². The van der Waals surface area contributed by atoms with Crippen LogP contribution < -0.4 is 0 Å². The van der Waals surface area contributed by atoms with Gasteiger partial charge < -0.3 is 9.64 Å². The number of carbonyl (C=O) groups excluding carboxylic acids is 1. The first-order valence-corrected chi connectivity index (χ1v) is 8.30. The Bertz CT molecular complexity index is 488. The Balaban J connectivity index is 1.43. The summed E-state index contributed by atoms with van der Waals surface area (Å²) >= 11 is 0. The summed E-state index contributed by atoms with van der Waals surface area (Å²) < 4.78 is 18.3. The Labute approximate surface area is 131 Å². The molecule has 0 saturated carbocycles. The molecule has 0 aliphatic carbocycles. The van der Waals surface area contributed by atoms with Crippen LogP contribution in [-0.2, 0) is 16.0 Å². The first-order valence-electron chi connectivity index (χ1n) is 8.30. The van der Waals surface area contributed by atoms with E-state index in [-0.39, 0.29) is 11.7 Å². The van der Waals surface area contributed by atoms with Gasteiger partial charge in [0.05, 0.1) is 0 Å². The molecule has 4 heteroatoms. The van der Waals surface area contributed by atoms with Crippen LogP contribution >= 0.6 is 0 Å². The van der Waals surface area contributed by atoms with Gasteiger partial charge in [-0.1, -0.05) is 12.1 Å². The molecule has 1 atom stereocenters. The van der Waals surface area contributed by atoms with E-state index in [1.807, 2.05) is 17.0 Å². The average Bonchev–Trinajstić information content (AvgIpc) is 3.03. The number of halogens is 1. The monoisotopic (exact) mass is 305 g/mol. The van der Waals surface area contributed by atoms with Crippen LogP contribution in [-0.4, -0.2) is 37.1 Å². The molecule has 0 unspecified atom stereocenters. The topological polar surface area (TPSA) is 29.5 Å². The van der Waals surface area contributed by atoms with E-state index in [0.717, 1.165) is 52.0 Å². The highest BCUT2D eigenvalue weighted by Gasteiger charge is 2.26. The highest BCUT2D eigenvalue weighted by molar-refractivity contribution is 5.76. The van der Waals surface area contributed by atoms with Crippen LogP contribution in [0.2, 0.25) is 0 Å². The minimum Gasteiger partial charge on any atom is -0.381 e. The van der Waals surface area contributed by atoms with Crippen molar-refractivity contribution >= 4 is 5.91 Å². The molecule has 2 aliphatic heterocycles. The third-order valence-electron chi connectivity index (χ3n) is 4.89. The van der Waals surface area contributed by atoms with Crippen molar-refractivity contribution in [2.75, 3.05) is 26.3 Å². The fraction of sp³-hybridized carbons (Fsp3) is 0.611. The first kappa shape index (κ1) is 15.5. The highest BCUT2D eigenvalue weighted by atomic mass is 19.1. The summed E-state index contributed by atoms with van der Waals surface area (Å²) in [5.41, 5.74) is 1.19. The molecule has 2 aliphatic rings. The molecule has 0 spiro atoms. The predicted molar refractivity (Wildman–Crippen MR) is 83.0 cm³/mol. The van der Waals surface area contributed by atoms with Crippen LogP contribution in [0.5, 0.6) is 0 Å². The number of benzene rings is 1. The van der Waals surface area contributed by atoms with Crippen molar-refractivity contribution in [1.82, 2.24) is 4.90 Å². The molecular formula is C18H24FNO2. The standard InChI is InChI=1S/C18H24FNO2/c19-17-3-1-14(2-4-17)11-15-5-8-20(9-6-15)18(21)12-16-7-10-22-13-16/h1-4,15-16H,5-13H2/t16-/m0/s1. The van der Waals surface area contributed by atoms with Crippen LogP contribution in [0.1, 0.15) is 31.2 Å². The largest absolute Gasteiger partial charge is 0.381 e. The average molecular weight is 305 g/mol. The van der Waals surface area contributed by atoms with Gasteiger partial charge in [0.1, 0.15) is 5.82 Å². The quantitative estimate of drug-likeness (QED) is 0.856. The van der Waals surface area contributed by atoms with E-state index in [0.29, 0.717) is 18.3 Å². The summed E-state index contributed by atoms with van der Waals surface area (Å²) in [6.07, 6.45) is 4.74. The molecule has 3 rings (SSSR count). The van der Waals surface area contributed by atoms with E-state index in [4.69, 9.17) is 4.74 Å². The van der Waals surface area contributed by atoms with Crippen molar-refractivity contribution in [3.63, 3.8) is 0 Å². The molecule has 2 fully saturated rings. The van der Waals surface area contributed by atoms with Crippen molar-refractivity contribution in [1.29, 1.82) is 0 Å². The Morgan fingerprint density at radius 3 is 2.50 bits per heavy atom. The van der Waals surface area contributed by atoms with Gasteiger partial charge in [-0.2, -0.15) is 0 Å². The number of amides is 1. The smallest absolute Gasteiger partial charge is 0.222 e. The van der Waals surface area contributed by atoms with Crippen molar-refractivity contribution in [3.05, 3.63) is 35.6 Å². The maximum absolute atomic E-state index is 12.9. The van der Waals surface area contributed by atoms with E-state index in [1.165, 1.54) is 17.7 Å². The van der Waals surface area contributed by atoms with Gasteiger partial charge in [0, 0.05) is 32.7 Å². The molecule has 2 saturated heterocycles. The molecule has 1 amide bonds. The lowest BCUT2D eigenvalue weighted by atomic mass is 9.90. The molecule has 1 aromatic carbocycles. The molecule has 0 radical (unpaired) electrons. The zero-order valence-corrected chi connectivity index (χ0v) is 13.0. The maximum atomic E-state index is 12.9. The second-order valence-corrected chi connectivity index (χ2v) is 6.59. The molecule has 0 aromatic heterocycles.